The van der Waals surface area contributed by atoms with Crippen molar-refractivity contribution >= 4 is 22.4 Å². The Morgan fingerprint density at radius 1 is 0.938 bits per heavy atom. The van der Waals surface area contributed by atoms with Crippen LogP contribution in [-0.2, 0) is 4.74 Å². The molecule has 32 heavy (non-hydrogen) atoms. The maximum absolute atomic E-state index is 5.86. The number of ether oxygens (including phenoxy) is 1. The first-order valence-electron chi connectivity index (χ1n) is 11.6. The van der Waals surface area contributed by atoms with Crippen LogP contribution >= 0.6 is 0 Å². The Bertz CT molecular complexity index is 1210. The van der Waals surface area contributed by atoms with Crippen molar-refractivity contribution in [2.75, 3.05) is 18.1 Å². The van der Waals surface area contributed by atoms with Gasteiger partial charge in [0, 0.05) is 36.3 Å². The second kappa shape index (κ2) is 8.36. The van der Waals surface area contributed by atoms with Crippen molar-refractivity contribution in [2.24, 2.45) is 5.92 Å². The first-order chi connectivity index (χ1) is 15.8. The van der Waals surface area contributed by atoms with E-state index in [2.05, 4.69) is 63.5 Å². The second-order valence-electron chi connectivity index (χ2n) is 8.85. The highest BCUT2D eigenvalue weighted by molar-refractivity contribution is 5.82. The third-order valence-electron chi connectivity index (χ3n) is 6.39. The monoisotopic (exact) mass is 425 g/mol. The molecule has 162 valence electrons. The molecule has 1 saturated carbocycles. The molecule has 4 aromatic rings. The Morgan fingerprint density at radius 3 is 2.66 bits per heavy atom. The van der Waals surface area contributed by atoms with Crippen molar-refractivity contribution < 1.29 is 4.74 Å². The highest BCUT2D eigenvalue weighted by Crippen LogP contribution is 2.36. The minimum absolute atomic E-state index is 0.0272. The van der Waals surface area contributed by atoms with Gasteiger partial charge in [-0.1, -0.05) is 18.2 Å². The van der Waals surface area contributed by atoms with Crippen LogP contribution in [0.3, 0.4) is 0 Å². The van der Waals surface area contributed by atoms with Crippen LogP contribution in [0.1, 0.15) is 38.3 Å². The molecule has 0 bridgehead atoms. The largest absolute Gasteiger partial charge is 0.357 e. The summed E-state index contributed by atoms with van der Waals surface area (Å²) >= 11 is 0. The van der Waals surface area contributed by atoms with Crippen molar-refractivity contribution in [3.63, 3.8) is 0 Å². The summed E-state index contributed by atoms with van der Waals surface area (Å²) in [6, 6.07) is 17.0. The van der Waals surface area contributed by atoms with E-state index in [1.54, 1.807) is 0 Å². The minimum atomic E-state index is 0.0272. The van der Waals surface area contributed by atoms with Crippen LogP contribution in [0.4, 0.5) is 11.4 Å². The van der Waals surface area contributed by atoms with E-state index in [4.69, 9.17) is 9.72 Å². The zero-order valence-electron chi connectivity index (χ0n) is 18.1. The van der Waals surface area contributed by atoms with Crippen LogP contribution in [-0.4, -0.2) is 32.9 Å². The zero-order valence-corrected chi connectivity index (χ0v) is 18.1. The van der Waals surface area contributed by atoms with E-state index in [0.717, 1.165) is 59.9 Å². The molecule has 0 radical (unpaired) electrons. The normalized spacial score (nSPS) is 18.7. The summed E-state index contributed by atoms with van der Waals surface area (Å²) in [5.41, 5.74) is 5.99. The summed E-state index contributed by atoms with van der Waals surface area (Å²) in [5, 5.41) is 4.54. The van der Waals surface area contributed by atoms with Gasteiger partial charge >= 0.3 is 0 Å². The molecule has 0 spiro atoms. The van der Waals surface area contributed by atoms with Crippen molar-refractivity contribution in [2.45, 2.75) is 38.3 Å². The molecule has 2 fully saturated rings. The van der Waals surface area contributed by atoms with Gasteiger partial charge < -0.3 is 9.64 Å². The van der Waals surface area contributed by atoms with E-state index in [9.17, 15) is 0 Å². The predicted molar refractivity (Wildman–Crippen MR) is 126 cm³/mol. The van der Waals surface area contributed by atoms with Crippen molar-refractivity contribution in [3.05, 3.63) is 67.1 Å². The standard InChI is InChI=1S/C26H27N5O/c1-2-6-21(7-3-1)30(17-19-9-10-19)22-11-12-23-24(14-22)29-25(16-27-23)20-15-28-31(18-20)26-8-4-5-13-32-26/h1-3,6-7,11-12,14-16,18-19,26H,4-5,8-10,13,17H2. The third-order valence-corrected chi connectivity index (χ3v) is 6.39. The zero-order chi connectivity index (χ0) is 21.3. The van der Waals surface area contributed by atoms with E-state index in [0.29, 0.717) is 0 Å². The van der Waals surface area contributed by atoms with E-state index in [1.165, 1.54) is 24.9 Å². The molecule has 0 N–H and O–H groups in total. The SMILES string of the molecule is c1ccc(N(CC2CC2)c2ccc3ncc(-c4cnn(C5CCCCO5)c4)nc3c2)cc1. The molecule has 1 atom stereocenters. The lowest BCUT2D eigenvalue weighted by Gasteiger charge is -2.25. The van der Waals surface area contributed by atoms with Gasteiger partial charge in [0.2, 0.25) is 0 Å². The number of anilines is 2. The Labute approximate surface area is 187 Å². The van der Waals surface area contributed by atoms with Crippen LogP contribution in [0.15, 0.2) is 67.1 Å². The van der Waals surface area contributed by atoms with Gasteiger partial charge in [-0.25, -0.2) is 9.67 Å². The van der Waals surface area contributed by atoms with Crippen LogP contribution in [0.2, 0.25) is 0 Å². The van der Waals surface area contributed by atoms with Crippen molar-refractivity contribution in [1.29, 1.82) is 0 Å². The maximum atomic E-state index is 5.86. The summed E-state index contributed by atoms with van der Waals surface area (Å²) in [5.74, 6) is 0.774. The molecule has 2 aromatic heterocycles. The number of hydrogen-bond donors (Lipinski definition) is 0. The summed E-state index contributed by atoms with van der Waals surface area (Å²) in [7, 11) is 0. The Kier molecular flexibility index (Phi) is 5.07. The van der Waals surface area contributed by atoms with Gasteiger partial charge in [0.1, 0.15) is 6.23 Å². The van der Waals surface area contributed by atoms with E-state index in [-0.39, 0.29) is 6.23 Å². The fourth-order valence-electron chi connectivity index (χ4n) is 4.39. The van der Waals surface area contributed by atoms with Gasteiger partial charge in [0.15, 0.2) is 0 Å². The Morgan fingerprint density at radius 2 is 1.84 bits per heavy atom. The van der Waals surface area contributed by atoms with Gasteiger partial charge in [0.05, 0.1) is 29.1 Å². The molecular formula is C26H27N5O. The molecule has 1 aliphatic carbocycles. The molecule has 1 aliphatic heterocycles. The van der Waals surface area contributed by atoms with E-state index in [1.807, 2.05) is 23.3 Å². The lowest BCUT2D eigenvalue weighted by Crippen LogP contribution is -2.19. The van der Waals surface area contributed by atoms with Gasteiger partial charge in [-0.15, -0.1) is 0 Å². The van der Waals surface area contributed by atoms with Gasteiger partial charge in [-0.2, -0.15) is 5.10 Å². The van der Waals surface area contributed by atoms with E-state index < -0.39 is 0 Å². The molecule has 2 aliphatic rings. The number of rotatable bonds is 6. The fraction of sp³-hybridized carbons (Fsp3) is 0.346. The fourth-order valence-corrected chi connectivity index (χ4v) is 4.39. The minimum Gasteiger partial charge on any atom is -0.357 e. The number of para-hydroxylation sites is 1. The van der Waals surface area contributed by atoms with Crippen LogP contribution in [0, 0.1) is 5.92 Å². The molecule has 1 saturated heterocycles. The summed E-state index contributed by atoms with van der Waals surface area (Å²) in [6.07, 6.45) is 11.7. The smallest absolute Gasteiger partial charge is 0.150 e. The number of nitrogens with zero attached hydrogens (tertiary/aromatic N) is 5. The molecule has 6 heteroatoms. The van der Waals surface area contributed by atoms with Crippen molar-refractivity contribution in [1.82, 2.24) is 19.7 Å². The van der Waals surface area contributed by atoms with Gasteiger partial charge in [-0.3, -0.25) is 4.98 Å². The average molecular weight is 426 g/mol. The molecule has 3 heterocycles. The van der Waals surface area contributed by atoms with E-state index >= 15 is 0 Å². The van der Waals surface area contributed by atoms with Crippen molar-refractivity contribution in [3.8, 4) is 11.3 Å². The predicted octanol–water partition coefficient (Wildman–Crippen LogP) is 5.74. The van der Waals surface area contributed by atoms with Crippen LogP contribution in [0.25, 0.3) is 22.3 Å². The van der Waals surface area contributed by atoms with Crippen LogP contribution in [0.5, 0.6) is 0 Å². The molecule has 1 unspecified atom stereocenters. The highest BCUT2D eigenvalue weighted by Gasteiger charge is 2.25. The highest BCUT2D eigenvalue weighted by atomic mass is 16.5. The summed E-state index contributed by atoms with van der Waals surface area (Å²) < 4.78 is 7.78. The lowest BCUT2D eigenvalue weighted by atomic mass is 10.2. The van der Waals surface area contributed by atoms with Gasteiger partial charge in [0.25, 0.3) is 0 Å². The number of benzene rings is 2. The topological polar surface area (TPSA) is 56.1 Å². The molecular weight excluding hydrogens is 398 g/mol. The molecule has 6 rings (SSSR count). The molecule has 6 nitrogen and oxygen atoms in total. The summed E-state index contributed by atoms with van der Waals surface area (Å²) in [6.45, 7) is 1.84. The Hall–Kier alpha value is -3.25. The number of aromatic nitrogens is 4. The first-order valence-corrected chi connectivity index (χ1v) is 11.6. The average Bonchev–Trinajstić information content (AvgIpc) is 3.55. The maximum Gasteiger partial charge on any atom is 0.150 e. The lowest BCUT2D eigenvalue weighted by molar-refractivity contribution is -0.0394. The summed E-state index contributed by atoms with van der Waals surface area (Å²) in [4.78, 5) is 12.0. The third kappa shape index (κ3) is 3.98. The molecule has 2 aromatic carbocycles. The second-order valence-corrected chi connectivity index (χ2v) is 8.85. The quantitative estimate of drug-likeness (QED) is 0.394. The number of hydrogen-bond acceptors (Lipinski definition) is 5. The van der Waals surface area contributed by atoms with Gasteiger partial charge in [-0.05, 0) is 68.4 Å². The number of fused-ring (bicyclic) bond motifs is 1. The van der Waals surface area contributed by atoms with Crippen LogP contribution < -0.4 is 4.90 Å². The first kappa shape index (κ1) is 19.4. The Balaban J connectivity index is 1.33. The molecule has 0 amide bonds.